The zero-order chi connectivity index (χ0) is 16.6. The Morgan fingerprint density at radius 2 is 2.08 bits per heavy atom. The van der Waals surface area contributed by atoms with Gasteiger partial charge in [0.1, 0.15) is 5.82 Å². The van der Waals surface area contributed by atoms with Crippen LogP contribution >= 0.6 is 11.8 Å². The predicted octanol–water partition coefficient (Wildman–Crippen LogP) is 3.99. The molecule has 1 saturated heterocycles. The highest BCUT2D eigenvalue weighted by molar-refractivity contribution is 8.00. The van der Waals surface area contributed by atoms with Crippen LogP contribution in [-0.2, 0) is 9.53 Å². The number of amides is 1. The van der Waals surface area contributed by atoms with Crippen LogP contribution < -0.4 is 5.32 Å². The average molecular weight is 342 g/mol. The number of hydrogen-bond acceptors (Lipinski definition) is 4. The van der Waals surface area contributed by atoms with Crippen LogP contribution in [0.25, 0.3) is 11.1 Å². The zero-order valence-electron chi connectivity index (χ0n) is 13.6. The molecule has 1 N–H and O–H groups in total. The summed E-state index contributed by atoms with van der Waals surface area (Å²) >= 11 is 1.62. The van der Waals surface area contributed by atoms with Crippen LogP contribution in [-0.4, -0.2) is 35.1 Å². The van der Waals surface area contributed by atoms with Crippen molar-refractivity contribution in [1.29, 1.82) is 0 Å². The van der Waals surface area contributed by atoms with E-state index in [0.29, 0.717) is 17.7 Å². The highest BCUT2D eigenvalue weighted by Crippen LogP contribution is 2.25. The Bertz CT molecular complexity index is 657. The molecule has 2 heterocycles. The molecule has 1 aliphatic heterocycles. The molecule has 0 saturated carbocycles. The molecule has 1 amide bonds. The van der Waals surface area contributed by atoms with Crippen molar-refractivity contribution in [2.24, 2.45) is 0 Å². The summed E-state index contributed by atoms with van der Waals surface area (Å²) in [5, 5.41) is 2.94. The maximum atomic E-state index is 12.2. The number of carbonyl (C=O) groups excluding carboxylic acids is 1. The molecule has 4 nitrogen and oxygen atoms in total. The molecule has 1 aliphatic rings. The van der Waals surface area contributed by atoms with Crippen LogP contribution in [0.3, 0.4) is 0 Å². The SMILES string of the molecule is O=C(CSC[C@H]1CCCCO1)Nc1ncccc1-c1ccccc1. The summed E-state index contributed by atoms with van der Waals surface area (Å²) in [5.74, 6) is 1.89. The van der Waals surface area contributed by atoms with E-state index < -0.39 is 0 Å². The Labute approximate surface area is 147 Å². The summed E-state index contributed by atoms with van der Waals surface area (Å²) < 4.78 is 5.69. The second-order valence-electron chi connectivity index (χ2n) is 5.82. The quantitative estimate of drug-likeness (QED) is 0.862. The van der Waals surface area contributed by atoms with Gasteiger partial charge in [0.05, 0.1) is 11.9 Å². The third-order valence-electron chi connectivity index (χ3n) is 3.96. The van der Waals surface area contributed by atoms with Crippen LogP contribution in [0.5, 0.6) is 0 Å². The van der Waals surface area contributed by atoms with E-state index in [0.717, 1.165) is 36.3 Å². The number of nitrogens with one attached hydrogen (secondary N) is 1. The van der Waals surface area contributed by atoms with Gasteiger partial charge in [0.15, 0.2) is 0 Å². The summed E-state index contributed by atoms with van der Waals surface area (Å²) in [6.07, 6.45) is 5.49. The van der Waals surface area contributed by atoms with E-state index in [1.165, 1.54) is 6.42 Å². The Morgan fingerprint density at radius 1 is 1.21 bits per heavy atom. The molecular formula is C19H22N2O2S. The largest absolute Gasteiger partial charge is 0.377 e. The summed E-state index contributed by atoms with van der Waals surface area (Å²) in [5.41, 5.74) is 1.98. The summed E-state index contributed by atoms with van der Waals surface area (Å²) in [7, 11) is 0. The lowest BCUT2D eigenvalue weighted by Gasteiger charge is -2.21. The third-order valence-corrected chi connectivity index (χ3v) is 5.04. The molecule has 0 bridgehead atoms. The van der Waals surface area contributed by atoms with Gasteiger partial charge in [-0.2, -0.15) is 0 Å². The van der Waals surface area contributed by atoms with E-state index >= 15 is 0 Å². The van der Waals surface area contributed by atoms with Gasteiger partial charge in [-0.1, -0.05) is 30.3 Å². The maximum absolute atomic E-state index is 12.2. The van der Waals surface area contributed by atoms with Crippen molar-refractivity contribution in [3.63, 3.8) is 0 Å². The lowest BCUT2D eigenvalue weighted by molar-refractivity contribution is -0.113. The van der Waals surface area contributed by atoms with Gasteiger partial charge in [-0.3, -0.25) is 4.79 Å². The second kappa shape index (κ2) is 8.85. The number of anilines is 1. The van der Waals surface area contributed by atoms with Crippen molar-refractivity contribution < 1.29 is 9.53 Å². The standard InChI is InChI=1S/C19H22N2O2S/c22-18(14-24-13-16-9-4-5-12-23-16)21-19-17(10-6-11-20-19)15-7-2-1-3-8-15/h1-3,6-8,10-11,16H,4-5,9,12-14H2,(H,20,21,22)/t16-/m1/s1. The van der Waals surface area contributed by atoms with Crippen LogP contribution in [0.15, 0.2) is 48.7 Å². The van der Waals surface area contributed by atoms with Crippen molar-refractivity contribution in [3.05, 3.63) is 48.7 Å². The fourth-order valence-corrected chi connectivity index (χ4v) is 3.65. The van der Waals surface area contributed by atoms with Gasteiger partial charge in [-0.25, -0.2) is 4.98 Å². The van der Waals surface area contributed by atoms with Crippen LogP contribution in [0.1, 0.15) is 19.3 Å². The van der Waals surface area contributed by atoms with E-state index in [9.17, 15) is 4.79 Å². The first-order valence-corrected chi connectivity index (χ1v) is 9.48. The van der Waals surface area contributed by atoms with Gasteiger partial charge in [0.2, 0.25) is 5.91 Å². The number of pyridine rings is 1. The van der Waals surface area contributed by atoms with Crippen LogP contribution in [0.2, 0.25) is 0 Å². The van der Waals surface area contributed by atoms with E-state index in [1.807, 2.05) is 42.5 Å². The Hall–Kier alpha value is -1.85. The molecule has 2 aromatic rings. The van der Waals surface area contributed by atoms with Gasteiger partial charge in [-0.05, 0) is 37.0 Å². The summed E-state index contributed by atoms with van der Waals surface area (Å²) in [4.78, 5) is 16.6. The van der Waals surface area contributed by atoms with Crippen LogP contribution in [0, 0.1) is 0 Å². The number of hydrogen-bond donors (Lipinski definition) is 1. The Morgan fingerprint density at radius 3 is 2.88 bits per heavy atom. The van der Waals surface area contributed by atoms with Crippen molar-refractivity contribution in [1.82, 2.24) is 4.98 Å². The van der Waals surface area contributed by atoms with Gasteiger partial charge in [-0.15, -0.1) is 11.8 Å². The molecular weight excluding hydrogens is 320 g/mol. The molecule has 126 valence electrons. The molecule has 0 aliphatic carbocycles. The lowest BCUT2D eigenvalue weighted by Crippen LogP contribution is -2.23. The van der Waals surface area contributed by atoms with E-state index in [2.05, 4.69) is 10.3 Å². The van der Waals surface area contributed by atoms with Gasteiger partial charge in [0.25, 0.3) is 0 Å². The Kier molecular flexibility index (Phi) is 6.26. The third kappa shape index (κ3) is 4.82. The molecule has 1 fully saturated rings. The fraction of sp³-hybridized carbons (Fsp3) is 0.368. The van der Waals surface area contributed by atoms with Crippen molar-refractivity contribution in [2.75, 3.05) is 23.4 Å². The molecule has 0 spiro atoms. The van der Waals surface area contributed by atoms with E-state index in [-0.39, 0.29) is 5.91 Å². The molecule has 5 heteroatoms. The minimum Gasteiger partial charge on any atom is -0.377 e. The monoisotopic (exact) mass is 342 g/mol. The number of benzene rings is 1. The molecule has 24 heavy (non-hydrogen) atoms. The molecule has 3 rings (SSSR count). The minimum absolute atomic E-state index is 0.0216. The smallest absolute Gasteiger partial charge is 0.235 e. The van der Waals surface area contributed by atoms with Gasteiger partial charge < -0.3 is 10.1 Å². The van der Waals surface area contributed by atoms with Gasteiger partial charge in [0, 0.05) is 24.1 Å². The maximum Gasteiger partial charge on any atom is 0.235 e. The van der Waals surface area contributed by atoms with E-state index in [1.54, 1.807) is 18.0 Å². The molecule has 0 unspecified atom stereocenters. The Balaban J connectivity index is 1.55. The minimum atomic E-state index is -0.0216. The normalized spacial score (nSPS) is 17.4. The van der Waals surface area contributed by atoms with Crippen LogP contribution in [0.4, 0.5) is 5.82 Å². The first kappa shape index (κ1) is 17.0. The number of thioether (sulfide) groups is 1. The van der Waals surface area contributed by atoms with Crippen molar-refractivity contribution >= 4 is 23.5 Å². The fourth-order valence-electron chi connectivity index (χ4n) is 2.75. The number of aromatic nitrogens is 1. The first-order chi connectivity index (χ1) is 11.8. The van der Waals surface area contributed by atoms with E-state index in [4.69, 9.17) is 4.74 Å². The van der Waals surface area contributed by atoms with Gasteiger partial charge >= 0.3 is 0 Å². The highest BCUT2D eigenvalue weighted by Gasteiger charge is 2.15. The van der Waals surface area contributed by atoms with Crippen molar-refractivity contribution in [2.45, 2.75) is 25.4 Å². The summed E-state index contributed by atoms with van der Waals surface area (Å²) in [6, 6.07) is 13.8. The average Bonchev–Trinajstić information content (AvgIpc) is 2.64. The first-order valence-electron chi connectivity index (χ1n) is 8.32. The molecule has 1 aromatic carbocycles. The number of ether oxygens (including phenoxy) is 1. The number of rotatable bonds is 6. The number of nitrogens with zero attached hydrogens (tertiary/aromatic N) is 1. The second-order valence-corrected chi connectivity index (χ2v) is 6.85. The topological polar surface area (TPSA) is 51.2 Å². The highest BCUT2D eigenvalue weighted by atomic mass is 32.2. The molecule has 1 aromatic heterocycles. The zero-order valence-corrected chi connectivity index (χ0v) is 14.4. The predicted molar refractivity (Wildman–Crippen MR) is 99.2 cm³/mol. The molecule has 0 radical (unpaired) electrons. The lowest BCUT2D eigenvalue weighted by atomic mass is 10.1. The van der Waals surface area contributed by atoms with Crippen molar-refractivity contribution in [3.8, 4) is 11.1 Å². The number of carbonyl (C=O) groups is 1. The summed E-state index contributed by atoms with van der Waals surface area (Å²) in [6.45, 7) is 0.853. The molecule has 1 atom stereocenters.